The summed E-state index contributed by atoms with van der Waals surface area (Å²) < 4.78 is 12.8. The molecule has 0 unspecified atom stereocenters. The number of hydrogen-bond donors (Lipinski definition) is 0. The van der Waals surface area contributed by atoms with Crippen molar-refractivity contribution in [1.82, 2.24) is 15.0 Å². The molecule has 10 aromatic carbocycles. The van der Waals surface area contributed by atoms with Gasteiger partial charge >= 0.3 is 0 Å². The summed E-state index contributed by atoms with van der Waals surface area (Å²) in [7, 11) is 0. The second kappa shape index (κ2) is 15.4. The lowest BCUT2D eigenvalue weighted by Crippen LogP contribution is -2.00. The molecule has 0 spiro atoms. The molecule has 0 fully saturated rings. The minimum absolute atomic E-state index is 0.585. The third kappa shape index (κ3) is 6.36. The van der Waals surface area contributed by atoms with E-state index in [0.717, 1.165) is 105 Å². The van der Waals surface area contributed by atoms with E-state index in [9.17, 15) is 0 Å². The first-order valence-corrected chi connectivity index (χ1v) is 22.2. The molecular weight excluding hydrogens is 807 g/mol. The van der Waals surface area contributed by atoms with E-state index >= 15 is 0 Å². The van der Waals surface area contributed by atoms with Gasteiger partial charge in [0.25, 0.3) is 0 Å². The maximum atomic E-state index is 6.48. The first kappa shape index (κ1) is 37.6. The Morgan fingerprint density at radius 2 is 0.773 bits per heavy atom. The molecule has 0 aliphatic heterocycles. The van der Waals surface area contributed by atoms with Gasteiger partial charge < -0.3 is 8.83 Å². The maximum Gasteiger partial charge on any atom is 0.164 e. The number of fused-ring (bicyclic) bond motifs is 8. The fraction of sp³-hybridized carbons (Fsp3) is 0. The van der Waals surface area contributed by atoms with E-state index < -0.39 is 0 Å². The number of hydrogen-bond acceptors (Lipinski definition) is 5. The van der Waals surface area contributed by atoms with Crippen molar-refractivity contribution in [3.63, 3.8) is 0 Å². The maximum absolute atomic E-state index is 6.48. The highest BCUT2D eigenvalue weighted by molar-refractivity contribution is 6.19. The zero-order chi connectivity index (χ0) is 43.6. The van der Waals surface area contributed by atoms with Crippen molar-refractivity contribution < 1.29 is 8.83 Å². The van der Waals surface area contributed by atoms with E-state index in [2.05, 4.69) is 164 Å². The summed E-state index contributed by atoms with van der Waals surface area (Å²) >= 11 is 0. The van der Waals surface area contributed by atoms with E-state index in [4.69, 9.17) is 23.8 Å². The molecule has 0 saturated heterocycles. The normalized spacial score (nSPS) is 11.6. The Morgan fingerprint density at radius 1 is 0.258 bits per heavy atom. The van der Waals surface area contributed by atoms with Crippen LogP contribution in [0.1, 0.15) is 0 Å². The zero-order valence-electron chi connectivity index (χ0n) is 35.5. The van der Waals surface area contributed by atoms with E-state index in [1.807, 2.05) is 60.7 Å². The largest absolute Gasteiger partial charge is 0.456 e. The van der Waals surface area contributed by atoms with Gasteiger partial charge in [0.15, 0.2) is 17.5 Å². The van der Waals surface area contributed by atoms with Crippen LogP contribution in [-0.2, 0) is 0 Å². The SMILES string of the molecule is c1ccc(-c2cc(-c3ccc(-c4nc(-c5ccccc5)nc(-c5cccc6oc7ccccc7c56)n4)cc3)c(-c3ccccc3)c(-c3ccc4oc5ccc6ccccc6c5c4c3)c2)cc1. The number of aromatic nitrogens is 3. The van der Waals surface area contributed by atoms with Crippen molar-refractivity contribution in [3.8, 4) is 78.7 Å². The standard InChI is InChI=1S/C61H37N3O2/c1-4-15-38(16-5-1)45-36-49(56(41-18-6-2-7-19-41)50(37-45)44-32-33-53-51(35-44)57-46-22-11-10-17-39(46)31-34-55(57)66-53)40-27-29-43(30-28-40)60-62-59(42-20-8-3-9-21-42)63-61(64-60)48-24-14-26-54-58(48)47-23-12-13-25-52(47)65-54/h1-37H. The predicted octanol–water partition coefficient (Wildman–Crippen LogP) is 16.5. The fourth-order valence-corrected chi connectivity index (χ4v) is 9.63. The second-order valence-electron chi connectivity index (χ2n) is 16.7. The van der Waals surface area contributed by atoms with E-state index in [0.29, 0.717) is 17.5 Å². The molecule has 0 aliphatic rings. The first-order valence-electron chi connectivity index (χ1n) is 22.2. The quantitative estimate of drug-likeness (QED) is 0.160. The molecule has 3 heterocycles. The number of benzene rings is 10. The van der Waals surface area contributed by atoms with Crippen LogP contribution in [0.4, 0.5) is 0 Å². The number of nitrogens with zero attached hydrogens (tertiary/aromatic N) is 3. The number of furan rings is 2. The van der Waals surface area contributed by atoms with Gasteiger partial charge in [-0.1, -0.05) is 182 Å². The van der Waals surface area contributed by atoms with E-state index in [-0.39, 0.29) is 0 Å². The van der Waals surface area contributed by atoms with Crippen molar-refractivity contribution in [2.45, 2.75) is 0 Å². The van der Waals surface area contributed by atoms with Gasteiger partial charge in [-0.15, -0.1) is 0 Å². The summed E-state index contributed by atoms with van der Waals surface area (Å²) in [5.74, 6) is 1.78. The fourth-order valence-electron chi connectivity index (χ4n) is 9.63. The molecule has 308 valence electrons. The molecule has 0 radical (unpaired) electrons. The Labute approximate surface area is 379 Å². The minimum Gasteiger partial charge on any atom is -0.456 e. The number of rotatable bonds is 7. The van der Waals surface area contributed by atoms with Crippen LogP contribution in [0.25, 0.3) is 133 Å². The third-order valence-electron chi connectivity index (χ3n) is 12.7. The van der Waals surface area contributed by atoms with Gasteiger partial charge in [-0.2, -0.15) is 0 Å². The van der Waals surface area contributed by atoms with Crippen LogP contribution in [0.5, 0.6) is 0 Å². The molecule has 3 aromatic heterocycles. The summed E-state index contributed by atoms with van der Waals surface area (Å²) in [5.41, 5.74) is 15.0. The van der Waals surface area contributed by atoms with Crippen molar-refractivity contribution in [2.75, 3.05) is 0 Å². The molecule has 13 aromatic rings. The van der Waals surface area contributed by atoms with Crippen molar-refractivity contribution >= 4 is 54.6 Å². The average molecular weight is 844 g/mol. The van der Waals surface area contributed by atoms with E-state index in [1.54, 1.807) is 0 Å². The first-order chi connectivity index (χ1) is 32.7. The molecule has 0 atom stereocenters. The molecule has 0 saturated carbocycles. The Bertz CT molecular complexity index is 3970. The summed E-state index contributed by atoms with van der Waals surface area (Å²) in [6, 6.07) is 78.4. The highest BCUT2D eigenvalue weighted by Gasteiger charge is 2.21. The van der Waals surface area contributed by atoms with Gasteiger partial charge in [0.2, 0.25) is 0 Å². The summed E-state index contributed by atoms with van der Waals surface area (Å²) in [6.45, 7) is 0. The molecule has 0 aliphatic carbocycles. The lowest BCUT2D eigenvalue weighted by Gasteiger charge is -2.19. The van der Waals surface area contributed by atoms with Gasteiger partial charge in [-0.25, -0.2) is 15.0 Å². The second-order valence-corrected chi connectivity index (χ2v) is 16.7. The average Bonchev–Trinajstić information content (AvgIpc) is 3.98. The highest BCUT2D eigenvalue weighted by Crippen LogP contribution is 2.46. The minimum atomic E-state index is 0.585. The van der Waals surface area contributed by atoms with Crippen LogP contribution in [0, 0.1) is 0 Å². The van der Waals surface area contributed by atoms with Crippen LogP contribution in [0.15, 0.2) is 233 Å². The lowest BCUT2D eigenvalue weighted by molar-refractivity contribution is 0.668. The molecular formula is C61H37N3O2. The molecule has 0 N–H and O–H groups in total. The Hall–Kier alpha value is -8.93. The molecule has 0 bridgehead atoms. The summed E-state index contributed by atoms with van der Waals surface area (Å²) in [6.07, 6.45) is 0. The lowest BCUT2D eigenvalue weighted by atomic mass is 9.84. The van der Waals surface area contributed by atoms with Gasteiger partial charge in [-0.3, -0.25) is 0 Å². The Morgan fingerprint density at radius 3 is 1.52 bits per heavy atom. The van der Waals surface area contributed by atoms with Crippen LogP contribution in [0.2, 0.25) is 0 Å². The molecule has 66 heavy (non-hydrogen) atoms. The monoisotopic (exact) mass is 843 g/mol. The van der Waals surface area contributed by atoms with Gasteiger partial charge in [0, 0.05) is 38.2 Å². The van der Waals surface area contributed by atoms with Crippen LogP contribution in [-0.4, -0.2) is 15.0 Å². The summed E-state index contributed by atoms with van der Waals surface area (Å²) in [5, 5.41) is 6.60. The molecule has 0 amide bonds. The van der Waals surface area contributed by atoms with Gasteiger partial charge in [0.1, 0.15) is 22.3 Å². The van der Waals surface area contributed by atoms with Crippen molar-refractivity contribution in [1.29, 1.82) is 0 Å². The van der Waals surface area contributed by atoms with Crippen molar-refractivity contribution in [2.24, 2.45) is 0 Å². The smallest absolute Gasteiger partial charge is 0.164 e. The van der Waals surface area contributed by atoms with Crippen molar-refractivity contribution in [3.05, 3.63) is 224 Å². The molecule has 5 nitrogen and oxygen atoms in total. The van der Waals surface area contributed by atoms with Gasteiger partial charge in [-0.05, 0) is 97.7 Å². The van der Waals surface area contributed by atoms with Crippen LogP contribution >= 0.6 is 0 Å². The zero-order valence-corrected chi connectivity index (χ0v) is 35.5. The predicted molar refractivity (Wildman–Crippen MR) is 270 cm³/mol. The van der Waals surface area contributed by atoms with Crippen LogP contribution < -0.4 is 0 Å². The molecule has 5 heteroatoms. The third-order valence-corrected chi connectivity index (χ3v) is 12.7. The Kier molecular flexibility index (Phi) is 8.78. The van der Waals surface area contributed by atoms with Gasteiger partial charge in [0.05, 0.1) is 0 Å². The topological polar surface area (TPSA) is 65.0 Å². The molecule has 13 rings (SSSR count). The number of para-hydroxylation sites is 1. The van der Waals surface area contributed by atoms with E-state index in [1.165, 1.54) is 10.8 Å². The summed E-state index contributed by atoms with van der Waals surface area (Å²) in [4.78, 5) is 15.4. The highest BCUT2D eigenvalue weighted by atomic mass is 16.3. The Balaban J connectivity index is 1.01. The van der Waals surface area contributed by atoms with Crippen LogP contribution in [0.3, 0.4) is 0 Å².